The zero-order valence-corrected chi connectivity index (χ0v) is 16.0. The standard InChI is InChI=1S/C19H23N3O4S/c1-15-6-5-9-18(22(23)24)19(15)20-17-10-12-21(13-11-17)27(25,26)14-16-7-3-2-4-8-16/h2-9,17,20H,10-14H2,1H3. The average molecular weight is 389 g/mol. The van der Waals surface area contributed by atoms with Crippen LogP contribution in [-0.4, -0.2) is 36.8 Å². The fourth-order valence-electron chi connectivity index (χ4n) is 3.35. The van der Waals surface area contributed by atoms with Gasteiger partial charge in [0, 0.05) is 25.2 Å². The Morgan fingerprint density at radius 2 is 1.78 bits per heavy atom. The maximum atomic E-state index is 12.6. The molecule has 0 radical (unpaired) electrons. The number of rotatable bonds is 6. The molecular weight excluding hydrogens is 366 g/mol. The molecule has 0 amide bonds. The summed E-state index contributed by atoms with van der Waals surface area (Å²) >= 11 is 0. The lowest BCUT2D eigenvalue weighted by Gasteiger charge is -2.32. The maximum Gasteiger partial charge on any atom is 0.292 e. The van der Waals surface area contributed by atoms with Crippen molar-refractivity contribution in [3.63, 3.8) is 0 Å². The Labute approximate surface area is 159 Å². The molecule has 0 bridgehead atoms. The van der Waals surface area contributed by atoms with Gasteiger partial charge in [-0.3, -0.25) is 10.1 Å². The topological polar surface area (TPSA) is 92.6 Å². The first kappa shape index (κ1) is 19.3. The first-order valence-electron chi connectivity index (χ1n) is 8.89. The van der Waals surface area contributed by atoms with Gasteiger partial charge >= 0.3 is 0 Å². The van der Waals surface area contributed by atoms with Crippen molar-refractivity contribution in [2.45, 2.75) is 31.6 Å². The summed E-state index contributed by atoms with van der Waals surface area (Å²) in [5, 5.41) is 14.5. The van der Waals surface area contributed by atoms with Crippen LogP contribution in [-0.2, 0) is 15.8 Å². The Morgan fingerprint density at radius 3 is 2.41 bits per heavy atom. The second-order valence-electron chi connectivity index (χ2n) is 6.79. The molecule has 2 aromatic rings. The van der Waals surface area contributed by atoms with Crippen LogP contribution in [0.5, 0.6) is 0 Å². The van der Waals surface area contributed by atoms with E-state index < -0.39 is 14.9 Å². The molecule has 1 saturated heterocycles. The quantitative estimate of drug-likeness (QED) is 0.604. The van der Waals surface area contributed by atoms with E-state index in [1.165, 1.54) is 10.4 Å². The number of nitro groups is 1. The fraction of sp³-hybridized carbons (Fsp3) is 0.368. The third-order valence-electron chi connectivity index (χ3n) is 4.84. The molecule has 1 heterocycles. The molecular formula is C19H23N3O4S. The first-order valence-corrected chi connectivity index (χ1v) is 10.5. The second kappa shape index (κ2) is 8.06. The molecule has 0 aromatic heterocycles. The summed E-state index contributed by atoms with van der Waals surface area (Å²) in [5.41, 5.74) is 2.15. The van der Waals surface area contributed by atoms with Crippen molar-refractivity contribution in [3.8, 4) is 0 Å². The second-order valence-corrected chi connectivity index (χ2v) is 8.75. The van der Waals surface area contributed by atoms with E-state index in [-0.39, 0.29) is 17.5 Å². The average Bonchev–Trinajstić information content (AvgIpc) is 2.64. The van der Waals surface area contributed by atoms with Gasteiger partial charge in [0.15, 0.2) is 0 Å². The molecule has 0 atom stereocenters. The van der Waals surface area contributed by atoms with Crippen molar-refractivity contribution in [2.75, 3.05) is 18.4 Å². The monoisotopic (exact) mass is 389 g/mol. The van der Waals surface area contributed by atoms with Gasteiger partial charge in [-0.25, -0.2) is 12.7 Å². The lowest BCUT2D eigenvalue weighted by molar-refractivity contribution is -0.384. The Balaban J connectivity index is 1.64. The highest BCUT2D eigenvalue weighted by atomic mass is 32.2. The molecule has 2 aromatic carbocycles. The molecule has 0 spiro atoms. The highest BCUT2D eigenvalue weighted by molar-refractivity contribution is 7.88. The molecule has 1 N–H and O–H groups in total. The van der Waals surface area contributed by atoms with E-state index in [0.717, 1.165) is 11.1 Å². The van der Waals surface area contributed by atoms with Gasteiger partial charge < -0.3 is 5.32 Å². The number of hydrogen-bond acceptors (Lipinski definition) is 5. The molecule has 7 nitrogen and oxygen atoms in total. The van der Waals surface area contributed by atoms with Gasteiger partial charge in [-0.15, -0.1) is 0 Å². The molecule has 0 saturated carbocycles. The smallest absolute Gasteiger partial charge is 0.292 e. The van der Waals surface area contributed by atoms with Crippen LogP contribution in [0, 0.1) is 17.0 Å². The SMILES string of the molecule is Cc1cccc([N+](=O)[O-])c1NC1CCN(S(=O)(=O)Cc2ccccc2)CC1. The number of nitrogens with zero attached hydrogens (tertiary/aromatic N) is 2. The van der Waals surface area contributed by atoms with Crippen LogP contribution in [0.25, 0.3) is 0 Å². The van der Waals surface area contributed by atoms with Crippen LogP contribution in [0.1, 0.15) is 24.0 Å². The summed E-state index contributed by atoms with van der Waals surface area (Å²) in [6.07, 6.45) is 1.22. The molecule has 8 heteroatoms. The highest BCUT2D eigenvalue weighted by Gasteiger charge is 2.29. The van der Waals surface area contributed by atoms with Crippen molar-refractivity contribution >= 4 is 21.4 Å². The lowest BCUT2D eigenvalue weighted by atomic mass is 10.0. The van der Waals surface area contributed by atoms with Gasteiger partial charge in [-0.05, 0) is 30.9 Å². The summed E-state index contributed by atoms with van der Waals surface area (Å²) in [6.45, 7) is 2.65. The van der Waals surface area contributed by atoms with E-state index in [0.29, 0.717) is 31.6 Å². The Bertz CT molecular complexity index is 908. The number of benzene rings is 2. The van der Waals surface area contributed by atoms with Crippen LogP contribution in [0.2, 0.25) is 0 Å². The van der Waals surface area contributed by atoms with E-state index >= 15 is 0 Å². The molecule has 3 rings (SSSR count). The fourth-order valence-corrected chi connectivity index (χ4v) is 4.91. The first-order chi connectivity index (χ1) is 12.9. The number of anilines is 1. The Kier molecular flexibility index (Phi) is 5.76. The van der Waals surface area contributed by atoms with Crippen LogP contribution < -0.4 is 5.32 Å². The highest BCUT2D eigenvalue weighted by Crippen LogP contribution is 2.30. The molecule has 27 heavy (non-hydrogen) atoms. The molecule has 1 aliphatic heterocycles. The van der Waals surface area contributed by atoms with Gasteiger partial charge in [0.1, 0.15) is 5.69 Å². The summed E-state index contributed by atoms with van der Waals surface area (Å²) in [5.74, 6) is -0.00476. The van der Waals surface area contributed by atoms with Crippen LogP contribution in [0.15, 0.2) is 48.5 Å². The number of para-hydroxylation sites is 1. The third-order valence-corrected chi connectivity index (χ3v) is 6.69. The van der Waals surface area contributed by atoms with Crippen molar-refractivity contribution in [2.24, 2.45) is 0 Å². The largest absolute Gasteiger partial charge is 0.376 e. The summed E-state index contributed by atoms with van der Waals surface area (Å²) in [7, 11) is -3.37. The number of aryl methyl sites for hydroxylation is 1. The zero-order chi connectivity index (χ0) is 19.4. The van der Waals surface area contributed by atoms with Crippen molar-refractivity contribution in [1.29, 1.82) is 0 Å². The molecule has 0 aliphatic carbocycles. The van der Waals surface area contributed by atoms with Gasteiger partial charge in [-0.1, -0.05) is 42.5 Å². The van der Waals surface area contributed by atoms with Gasteiger partial charge in [-0.2, -0.15) is 0 Å². The van der Waals surface area contributed by atoms with Gasteiger partial charge in [0.25, 0.3) is 5.69 Å². The number of hydrogen-bond donors (Lipinski definition) is 1. The van der Waals surface area contributed by atoms with Gasteiger partial charge in [0.05, 0.1) is 10.7 Å². The predicted octanol–water partition coefficient (Wildman–Crippen LogP) is 3.31. The number of nitrogens with one attached hydrogen (secondary N) is 1. The molecule has 1 aliphatic rings. The van der Waals surface area contributed by atoms with E-state index in [1.807, 2.05) is 43.3 Å². The minimum absolute atomic E-state index is 0.00476. The zero-order valence-electron chi connectivity index (χ0n) is 15.2. The van der Waals surface area contributed by atoms with Crippen LogP contribution in [0.4, 0.5) is 11.4 Å². The van der Waals surface area contributed by atoms with E-state index in [4.69, 9.17) is 0 Å². The molecule has 1 fully saturated rings. The van der Waals surface area contributed by atoms with Crippen molar-refractivity contribution < 1.29 is 13.3 Å². The van der Waals surface area contributed by atoms with E-state index in [1.54, 1.807) is 6.07 Å². The maximum absolute atomic E-state index is 12.6. The Morgan fingerprint density at radius 1 is 1.11 bits per heavy atom. The minimum atomic E-state index is -3.37. The minimum Gasteiger partial charge on any atom is -0.376 e. The van der Waals surface area contributed by atoms with Gasteiger partial charge in [0.2, 0.25) is 10.0 Å². The van der Waals surface area contributed by atoms with Crippen LogP contribution >= 0.6 is 0 Å². The normalized spacial score (nSPS) is 16.2. The summed E-state index contributed by atoms with van der Waals surface area (Å²) in [4.78, 5) is 10.9. The molecule has 144 valence electrons. The van der Waals surface area contributed by atoms with E-state index in [2.05, 4.69) is 5.32 Å². The van der Waals surface area contributed by atoms with Crippen molar-refractivity contribution in [3.05, 3.63) is 69.8 Å². The molecule has 0 unspecified atom stereocenters. The summed E-state index contributed by atoms with van der Waals surface area (Å²) in [6, 6.07) is 14.1. The number of piperidine rings is 1. The van der Waals surface area contributed by atoms with Crippen LogP contribution in [0.3, 0.4) is 0 Å². The third kappa shape index (κ3) is 4.64. The van der Waals surface area contributed by atoms with Crippen molar-refractivity contribution in [1.82, 2.24) is 4.31 Å². The number of nitro benzene ring substituents is 1. The number of sulfonamides is 1. The predicted molar refractivity (Wildman–Crippen MR) is 105 cm³/mol. The van der Waals surface area contributed by atoms with E-state index in [9.17, 15) is 18.5 Å². The lowest BCUT2D eigenvalue weighted by Crippen LogP contribution is -2.42. The summed E-state index contributed by atoms with van der Waals surface area (Å²) < 4.78 is 26.8. The Hall–Kier alpha value is -2.45.